The van der Waals surface area contributed by atoms with Crippen LogP contribution in [0.5, 0.6) is 0 Å². The third-order valence-electron chi connectivity index (χ3n) is 7.85. The van der Waals surface area contributed by atoms with Gasteiger partial charge in [0.2, 0.25) is 0 Å². The van der Waals surface area contributed by atoms with E-state index >= 15 is 0 Å². The van der Waals surface area contributed by atoms with Crippen LogP contribution < -0.4 is 5.32 Å². The minimum absolute atomic E-state index is 0.0658. The quantitative estimate of drug-likeness (QED) is 0.319. The second-order valence-corrected chi connectivity index (χ2v) is 10.8. The Kier molecular flexibility index (Phi) is 6.35. The molecule has 1 fully saturated rings. The molecule has 4 heterocycles. The van der Waals surface area contributed by atoms with Gasteiger partial charge in [0.15, 0.2) is 0 Å². The number of carbonyl (C=O) groups is 1. The highest BCUT2D eigenvalue weighted by atomic mass is 16.1. The molecular weight excluding hydrogens is 486 g/mol. The first-order valence-corrected chi connectivity index (χ1v) is 13.6. The van der Waals surface area contributed by atoms with E-state index in [0.29, 0.717) is 11.6 Å². The second kappa shape index (κ2) is 9.85. The van der Waals surface area contributed by atoms with Crippen molar-refractivity contribution in [1.29, 1.82) is 0 Å². The fraction of sp³-hybridized carbons (Fsp3) is 0.323. The highest BCUT2D eigenvalue weighted by Crippen LogP contribution is 2.31. The number of likely N-dealkylation sites (tertiary alicyclic amines) is 1. The smallest absolute Gasteiger partial charge is 0.252 e. The minimum atomic E-state index is -0.205. The first-order chi connectivity index (χ1) is 18.8. The largest absolute Gasteiger partial charge is 0.346 e. The van der Waals surface area contributed by atoms with E-state index in [-0.39, 0.29) is 11.9 Å². The summed E-state index contributed by atoms with van der Waals surface area (Å²) in [6.45, 7) is 9.00. The molecule has 8 nitrogen and oxygen atoms in total. The zero-order chi connectivity index (χ0) is 27.3. The van der Waals surface area contributed by atoms with E-state index in [1.54, 1.807) is 4.68 Å². The molecule has 1 saturated heterocycles. The molecule has 200 valence electrons. The molecule has 1 N–H and O–H groups in total. The maximum Gasteiger partial charge on any atom is 0.252 e. The number of fused-ring (bicyclic) bond motifs is 1. The Bertz CT molecular complexity index is 1670. The van der Waals surface area contributed by atoms with E-state index in [0.717, 1.165) is 58.7 Å². The molecule has 8 heteroatoms. The molecule has 39 heavy (non-hydrogen) atoms. The number of rotatable bonds is 7. The molecule has 0 spiro atoms. The van der Waals surface area contributed by atoms with Crippen LogP contribution in [0.4, 0.5) is 0 Å². The fourth-order valence-corrected chi connectivity index (χ4v) is 5.56. The van der Waals surface area contributed by atoms with Crippen molar-refractivity contribution in [2.24, 2.45) is 7.05 Å². The zero-order valence-electron chi connectivity index (χ0n) is 23.2. The number of nitrogens with one attached hydrogen (secondary N) is 1. The summed E-state index contributed by atoms with van der Waals surface area (Å²) in [5.74, 6) is -0.0658. The van der Waals surface area contributed by atoms with Gasteiger partial charge < -0.3 is 14.8 Å². The van der Waals surface area contributed by atoms with Gasteiger partial charge >= 0.3 is 0 Å². The molecule has 0 bridgehead atoms. The molecule has 1 aliphatic heterocycles. The summed E-state index contributed by atoms with van der Waals surface area (Å²) >= 11 is 0. The van der Waals surface area contributed by atoms with Crippen molar-refractivity contribution < 1.29 is 4.79 Å². The van der Waals surface area contributed by atoms with Crippen LogP contribution in [-0.4, -0.2) is 55.1 Å². The van der Waals surface area contributed by atoms with E-state index in [2.05, 4.69) is 76.4 Å². The van der Waals surface area contributed by atoms with Crippen molar-refractivity contribution in [3.8, 4) is 22.4 Å². The van der Waals surface area contributed by atoms with Crippen LogP contribution in [0.25, 0.3) is 33.3 Å². The summed E-state index contributed by atoms with van der Waals surface area (Å²) in [7, 11) is 4.05. The van der Waals surface area contributed by atoms with Gasteiger partial charge in [-0.05, 0) is 92.4 Å². The average molecular weight is 522 g/mol. The van der Waals surface area contributed by atoms with Crippen LogP contribution in [0.2, 0.25) is 0 Å². The number of amides is 1. The molecular formula is C31H35N7O. The Hall–Kier alpha value is -4.17. The predicted molar refractivity (Wildman–Crippen MR) is 155 cm³/mol. The summed E-state index contributed by atoms with van der Waals surface area (Å²) in [5.41, 5.74) is 7.82. The molecule has 1 amide bonds. The monoisotopic (exact) mass is 521 g/mol. The molecule has 1 atom stereocenters. The van der Waals surface area contributed by atoms with Crippen LogP contribution in [0, 0.1) is 6.92 Å². The Morgan fingerprint density at radius 2 is 1.85 bits per heavy atom. The van der Waals surface area contributed by atoms with Gasteiger partial charge in [0, 0.05) is 67.5 Å². The molecule has 0 aliphatic carbocycles. The molecule has 0 unspecified atom stereocenters. The fourth-order valence-electron chi connectivity index (χ4n) is 5.56. The molecule has 0 saturated carbocycles. The van der Waals surface area contributed by atoms with Crippen molar-refractivity contribution in [3.05, 3.63) is 83.9 Å². The average Bonchev–Trinajstić information content (AvgIpc) is 3.65. The van der Waals surface area contributed by atoms with Gasteiger partial charge in [0.05, 0.1) is 24.0 Å². The third-order valence-corrected chi connectivity index (χ3v) is 7.85. The molecule has 3 aromatic heterocycles. The first kappa shape index (κ1) is 25.1. The van der Waals surface area contributed by atoms with Gasteiger partial charge in [-0.2, -0.15) is 10.2 Å². The van der Waals surface area contributed by atoms with Crippen LogP contribution in [0.1, 0.15) is 47.4 Å². The number of benzene rings is 2. The summed E-state index contributed by atoms with van der Waals surface area (Å²) in [4.78, 5) is 15.9. The number of hydrogen-bond donors (Lipinski definition) is 1. The second-order valence-electron chi connectivity index (χ2n) is 10.8. The highest BCUT2D eigenvalue weighted by Gasteiger charge is 2.26. The number of hydrogen-bond acceptors (Lipinski definition) is 4. The molecule has 1 aliphatic rings. The van der Waals surface area contributed by atoms with Crippen molar-refractivity contribution in [3.63, 3.8) is 0 Å². The summed E-state index contributed by atoms with van der Waals surface area (Å²) in [6, 6.07) is 15.0. The summed E-state index contributed by atoms with van der Waals surface area (Å²) in [6.07, 6.45) is 8.01. The number of likely N-dealkylation sites (N-methyl/N-ethyl adjacent to an activating group) is 1. The van der Waals surface area contributed by atoms with Crippen LogP contribution in [0.3, 0.4) is 0 Å². The van der Waals surface area contributed by atoms with Gasteiger partial charge in [0.25, 0.3) is 5.91 Å². The lowest BCUT2D eigenvalue weighted by Crippen LogP contribution is -2.44. The first-order valence-electron chi connectivity index (χ1n) is 13.6. The number of aryl methyl sites for hydroxylation is 3. The van der Waals surface area contributed by atoms with Crippen LogP contribution in [0.15, 0.2) is 67.3 Å². The number of aromatic nitrogens is 5. The summed E-state index contributed by atoms with van der Waals surface area (Å²) in [5, 5.41) is 13.5. The maximum absolute atomic E-state index is 13.6. The highest BCUT2D eigenvalue weighted by molar-refractivity contribution is 6.00. The number of nitrogens with zero attached hydrogens (tertiary/aromatic N) is 6. The Labute approximate surface area is 228 Å². The molecule has 6 rings (SSSR count). The van der Waals surface area contributed by atoms with Crippen molar-refractivity contribution in [2.45, 2.75) is 39.4 Å². The van der Waals surface area contributed by atoms with E-state index in [9.17, 15) is 4.79 Å². The topological polar surface area (TPSA) is 72.9 Å². The standard InChI is InChI=1S/C31H35N7O/c1-6-37-9-8-29(34-37)25-13-23(12-24(14-25)26-16-32-36(5)17-26)21(3)33-31(39)28-15-30-22(11-20(28)2)7-10-38(30)27-18-35(4)19-27/h7-17,21,27H,6,18-19H2,1-5H3,(H,33,39)/t21-/m1/s1. The van der Waals surface area contributed by atoms with E-state index in [1.807, 2.05) is 50.2 Å². The summed E-state index contributed by atoms with van der Waals surface area (Å²) < 4.78 is 6.04. The van der Waals surface area contributed by atoms with Crippen LogP contribution in [-0.2, 0) is 13.6 Å². The zero-order valence-corrected chi connectivity index (χ0v) is 23.2. The van der Waals surface area contributed by atoms with Gasteiger partial charge in [-0.3, -0.25) is 14.2 Å². The van der Waals surface area contributed by atoms with Crippen LogP contribution >= 0.6 is 0 Å². The van der Waals surface area contributed by atoms with E-state index < -0.39 is 0 Å². The van der Waals surface area contributed by atoms with Gasteiger partial charge in [0.1, 0.15) is 0 Å². The Morgan fingerprint density at radius 3 is 2.54 bits per heavy atom. The van der Waals surface area contributed by atoms with Crippen molar-refractivity contribution >= 4 is 16.8 Å². The number of carbonyl (C=O) groups excluding carboxylic acids is 1. The minimum Gasteiger partial charge on any atom is -0.346 e. The third kappa shape index (κ3) is 4.76. The Balaban J connectivity index is 1.32. The normalized spacial score (nSPS) is 15.0. The SMILES string of the molecule is CCn1ccc(-c2cc(-c3cnn(C)c3)cc([C@@H](C)NC(=O)c3cc4c(ccn4C4CN(C)C4)cc3C)c2)n1. The van der Waals surface area contributed by atoms with Gasteiger partial charge in [-0.25, -0.2) is 0 Å². The van der Waals surface area contributed by atoms with Gasteiger partial charge in [-0.1, -0.05) is 0 Å². The van der Waals surface area contributed by atoms with E-state index in [4.69, 9.17) is 5.10 Å². The predicted octanol–water partition coefficient (Wildman–Crippen LogP) is 5.21. The lowest BCUT2D eigenvalue weighted by Gasteiger charge is -2.37. The van der Waals surface area contributed by atoms with Crippen molar-refractivity contribution in [2.75, 3.05) is 20.1 Å². The molecule has 2 aromatic carbocycles. The Morgan fingerprint density at radius 1 is 1.05 bits per heavy atom. The maximum atomic E-state index is 13.6. The van der Waals surface area contributed by atoms with Gasteiger partial charge in [-0.15, -0.1) is 0 Å². The lowest BCUT2D eigenvalue weighted by atomic mass is 9.96. The molecule has 0 radical (unpaired) electrons. The van der Waals surface area contributed by atoms with Crippen molar-refractivity contribution in [1.82, 2.24) is 34.3 Å². The molecule has 5 aromatic rings. The lowest BCUT2D eigenvalue weighted by molar-refractivity contribution is 0.0939. The van der Waals surface area contributed by atoms with E-state index in [1.165, 1.54) is 5.39 Å².